The number of amides is 1. The third kappa shape index (κ3) is 2.83. The van der Waals surface area contributed by atoms with Gasteiger partial charge in [-0.3, -0.25) is 10.1 Å². The summed E-state index contributed by atoms with van der Waals surface area (Å²) in [6.07, 6.45) is 5.30. The second-order valence-electron chi connectivity index (χ2n) is 5.78. The number of carbonyl (C=O) groups excluding carboxylic acids is 1. The highest BCUT2D eigenvalue weighted by Crippen LogP contribution is 2.39. The second-order valence-corrected chi connectivity index (χ2v) is 6.15. The van der Waals surface area contributed by atoms with Crippen molar-refractivity contribution in [3.63, 3.8) is 0 Å². The van der Waals surface area contributed by atoms with Crippen LogP contribution < -0.4 is 10.1 Å². The van der Waals surface area contributed by atoms with Crippen LogP contribution in [0.5, 0.6) is 5.75 Å². The first kappa shape index (κ1) is 15.9. The predicted molar refractivity (Wildman–Crippen MR) is 90.8 cm³/mol. The summed E-state index contributed by atoms with van der Waals surface area (Å²) in [7, 11) is 0. The molecule has 2 aliphatic rings. The van der Waals surface area contributed by atoms with Gasteiger partial charge in [0.25, 0.3) is 5.91 Å². The number of hydrogen-bond donors (Lipinski definition) is 2. The molecule has 3 heterocycles. The standard InChI is InChI=1S/C16H16ClN5O3/c17-14-10-7-22-12(8-23)15(24)20-16(22)19-11(10)1-2-13(14)25-6-5-21-4-3-18-9-21/h1-4,9,12,23H,5-8H2,(H,19,20,24). The van der Waals surface area contributed by atoms with Crippen molar-refractivity contribution >= 4 is 29.2 Å². The van der Waals surface area contributed by atoms with Gasteiger partial charge in [0.2, 0.25) is 5.96 Å². The molecule has 1 aromatic heterocycles. The summed E-state index contributed by atoms with van der Waals surface area (Å²) in [5.41, 5.74) is 1.47. The van der Waals surface area contributed by atoms with Crippen molar-refractivity contribution in [3.8, 4) is 5.75 Å². The Bertz CT molecular complexity index is 837. The second kappa shape index (κ2) is 6.38. The fraction of sp³-hybridized carbons (Fsp3) is 0.312. The lowest BCUT2D eigenvalue weighted by Gasteiger charge is -2.28. The normalized spacial score (nSPS) is 18.5. The van der Waals surface area contributed by atoms with Gasteiger partial charge in [0.1, 0.15) is 18.4 Å². The lowest BCUT2D eigenvalue weighted by atomic mass is 10.1. The summed E-state index contributed by atoms with van der Waals surface area (Å²) in [5.74, 6) is 0.751. The van der Waals surface area contributed by atoms with Gasteiger partial charge in [0, 0.05) is 18.0 Å². The van der Waals surface area contributed by atoms with Gasteiger partial charge in [-0.2, -0.15) is 0 Å². The predicted octanol–water partition coefficient (Wildman–Crippen LogP) is 0.909. The quantitative estimate of drug-likeness (QED) is 0.826. The van der Waals surface area contributed by atoms with E-state index in [4.69, 9.17) is 16.3 Å². The first-order chi connectivity index (χ1) is 12.2. The van der Waals surface area contributed by atoms with Crippen LogP contribution in [0.2, 0.25) is 5.02 Å². The Morgan fingerprint density at radius 2 is 2.32 bits per heavy atom. The van der Waals surface area contributed by atoms with Crippen LogP contribution in [0, 0.1) is 0 Å². The Balaban J connectivity index is 1.53. The van der Waals surface area contributed by atoms with E-state index in [0.717, 1.165) is 5.56 Å². The van der Waals surface area contributed by atoms with Gasteiger partial charge in [0.15, 0.2) is 0 Å². The molecule has 8 nitrogen and oxygen atoms in total. The van der Waals surface area contributed by atoms with Crippen molar-refractivity contribution in [2.75, 3.05) is 13.2 Å². The molecular formula is C16H16ClN5O3. The van der Waals surface area contributed by atoms with E-state index in [0.29, 0.717) is 42.1 Å². The third-order valence-corrected chi connectivity index (χ3v) is 4.68. The maximum atomic E-state index is 11.9. The van der Waals surface area contributed by atoms with Gasteiger partial charge in [-0.25, -0.2) is 9.98 Å². The molecule has 1 fully saturated rings. The molecule has 1 unspecified atom stereocenters. The van der Waals surface area contributed by atoms with Crippen LogP contribution in [0.1, 0.15) is 5.56 Å². The molecule has 1 atom stereocenters. The SMILES string of the molecule is O=C1NC2=Nc3ccc(OCCn4ccnc4)c(Cl)c3CN2C1CO. The highest BCUT2D eigenvalue weighted by Gasteiger charge is 2.39. The zero-order valence-corrected chi connectivity index (χ0v) is 14.0. The fourth-order valence-electron chi connectivity index (χ4n) is 2.93. The number of carbonyl (C=O) groups is 1. The molecular weight excluding hydrogens is 346 g/mol. The first-order valence-corrected chi connectivity index (χ1v) is 8.22. The van der Waals surface area contributed by atoms with E-state index in [-0.39, 0.29) is 12.5 Å². The molecule has 2 aliphatic heterocycles. The zero-order chi connectivity index (χ0) is 17.4. The van der Waals surface area contributed by atoms with Crippen LogP contribution in [-0.4, -0.2) is 50.7 Å². The van der Waals surface area contributed by atoms with Crippen LogP contribution in [-0.2, 0) is 17.9 Å². The number of guanidine groups is 1. The lowest BCUT2D eigenvalue weighted by molar-refractivity contribution is -0.122. The molecule has 0 bridgehead atoms. The van der Waals surface area contributed by atoms with Crippen molar-refractivity contribution < 1.29 is 14.6 Å². The highest BCUT2D eigenvalue weighted by atomic mass is 35.5. The number of nitrogens with one attached hydrogen (secondary N) is 1. The number of fused-ring (bicyclic) bond motifs is 2. The number of halogens is 1. The molecule has 1 aromatic carbocycles. The van der Waals surface area contributed by atoms with Crippen molar-refractivity contribution in [3.05, 3.63) is 41.4 Å². The smallest absolute Gasteiger partial charge is 0.251 e. The molecule has 0 aliphatic carbocycles. The summed E-state index contributed by atoms with van der Waals surface area (Å²) in [5, 5.41) is 12.6. The Hall–Kier alpha value is -2.58. The summed E-state index contributed by atoms with van der Waals surface area (Å²) in [6.45, 7) is 1.22. The zero-order valence-electron chi connectivity index (χ0n) is 13.2. The Kier molecular flexibility index (Phi) is 4.06. The van der Waals surface area contributed by atoms with Gasteiger partial charge in [-0.05, 0) is 12.1 Å². The molecule has 25 heavy (non-hydrogen) atoms. The molecule has 0 radical (unpaired) electrons. The molecule has 130 valence electrons. The minimum absolute atomic E-state index is 0.262. The van der Waals surface area contributed by atoms with Crippen LogP contribution in [0.3, 0.4) is 0 Å². The van der Waals surface area contributed by atoms with E-state index in [2.05, 4.69) is 15.3 Å². The Labute approximate surface area is 148 Å². The average molecular weight is 362 g/mol. The summed E-state index contributed by atoms with van der Waals surface area (Å²) < 4.78 is 7.70. The van der Waals surface area contributed by atoms with Crippen molar-refractivity contribution in [2.45, 2.75) is 19.1 Å². The number of aliphatic hydroxyl groups excluding tert-OH is 1. The Morgan fingerprint density at radius 3 is 3.08 bits per heavy atom. The summed E-state index contributed by atoms with van der Waals surface area (Å²) in [6, 6.07) is 2.94. The van der Waals surface area contributed by atoms with Crippen molar-refractivity contribution in [1.82, 2.24) is 19.8 Å². The molecule has 9 heteroatoms. The van der Waals surface area contributed by atoms with E-state index in [1.807, 2.05) is 16.8 Å². The van der Waals surface area contributed by atoms with Crippen LogP contribution >= 0.6 is 11.6 Å². The number of imidazole rings is 1. The van der Waals surface area contributed by atoms with Crippen LogP contribution in [0.25, 0.3) is 0 Å². The van der Waals surface area contributed by atoms with Crippen LogP contribution in [0.4, 0.5) is 5.69 Å². The number of aromatic nitrogens is 2. The largest absolute Gasteiger partial charge is 0.490 e. The van der Waals surface area contributed by atoms with E-state index in [1.165, 1.54) is 0 Å². The summed E-state index contributed by atoms with van der Waals surface area (Å²) in [4.78, 5) is 22.0. The molecule has 2 N–H and O–H groups in total. The molecule has 4 rings (SSSR count). The number of ether oxygens (including phenoxy) is 1. The fourth-order valence-corrected chi connectivity index (χ4v) is 3.21. The minimum atomic E-state index is -0.645. The molecule has 1 saturated heterocycles. The van der Waals surface area contributed by atoms with Crippen molar-refractivity contribution in [2.24, 2.45) is 4.99 Å². The minimum Gasteiger partial charge on any atom is -0.490 e. The molecule has 1 amide bonds. The van der Waals surface area contributed by atoms with E-state index < -0.39 is 6.04 Å². The Morgan fingerprint density at radius 1 is 1.44 bits per heavy atom. The first-order valence-electron chi connectivity index (χ1n) is 7.84. The van der Waals surface area contributed by atoms with Gasteiger partial charge in [-0.1, -0.05) is 11.6 Å². The average Bonchev–Trinajstić information content (AvgIpc) is 3.22. The number of aliphatic imine (C=N–C) groups is 1. The van der Waals surface area contributed by atoms with Gasteiger partial charge in [-0.15, -0.1) is 0 Å². The molecule has 2 aromatic rings. The highest BCUT2D eigenvalue weighted by molar-refractivity contribution is 6.33. The maximum absolute atomic E-state index is 11.9. The van der Waals surface area contributed by atoms with Gasteiger partial charge >= 0.3 is 0 Å². The summed E-state index contributed by atoms with van der Waals surface area (Å²) >= 11 is 6.50. The number of nitrogens with zero attached hydrogens (tertiary/aromatic N) is 4. The maximum Gasteiger partial charge on any atom is 0.251 e. The number of aliphatic hydroxyl groups is 1. The number of benzene rings is 1. The third-order valence-electron chi connectivity index (χ3n) is 4.26. The van der Waals surface area contributed by atoms with E-state index in [9.17, 15) is 9.90 Å². The van der Waals surface area contributed by atoms with E-state index >= 15 is 0 Å². The van der Waals surface area contributed by atoms with E-state index in [1.54, 1.807) is 23.5 Å². The van der Waals surface area contributed by atoms with Crippen molar-refractivity contribution in [1.29, 1.82) is 0 Å². The molecule has 0 saturated carbocycles. The topological polar surface area (TPSA) is 92.0 Å². The lowest BCUT2D eigenvalue weighted by Crippen LogP contribution is -2.39. The van der Waals surface area contributed by atoms with Crippen LogP contribution in [0.15, 0.2) is 35.8 Å². The van der Waals surface area contributed by atoms with Gasteiger partial charge < -0.3 is 19.3 Å². The monoisotopic (exact) mass is 361 g/mol. The number of hydrogen-bond acceptors (Lipinski definition) is 6. The van der Waals surface area contributed by atoms with Gasteiger partial charge in [0.05, 0.1) is 36.7 Å². The number of rotatable bonds is 5. The molecule has 0 spiro atoms.